The smallest absolute Gasteiger partial charge is 0.416 e. The average Bonchev–Trinajstić information content (AvgIpc) is 3.48. The van der Waals surface area contributed by atoms with Gasteiger partial charge >= 0.3 is 6.18 Å². The van der Waals surface area contributed by atoms with Crippen LogP contribution in [0.15, 0.2) is 65.7 Å². The van der Waals surface area contributed by atoms with E-state index in [0.29, 0.717) is 22.1 Å². The summed E-state index contributed by atoms with van der Waals surface area (Å²) in [5.74, 6) is -0.246. The predicted molar refractivity (Wildman–Crippen MR) is 111 cm³/mol. The lowest BCUT2D eigenvalue weighted by Crippen LogP contribution is -2.32. The molecule has 0 spiro atoms. The number of hydrogen-bond donors (Lipinski definition) is 1. The van der Waals surface area contributed by atoms with Crippen molar-refractivity contribution in [3.63, 3.8) is 0 Å². The fourth-order valence-electron chi connectivity index (χ4n) is 3.45. The molecule has 0 atom stereocenters. The van der Waals surface area contributed by atoms with Gasteiger partial charge in [-0.2, -0.15) is 13.2 Å². The van der Waals surface area contributed by atoms with Gasteiger partial charge in [0.05, 0.1) is 16.8 Å². The first-order chi connectivity index (χ1) is 15.3. The number of alkyl halides is 3. The number of ether oxygens (including phenoxy) is 2. The maximum atomic E-state index is 13.3. The fourth-order valence-corrected chi connectivity index (χ4v) is 4.22. The fraction of sp³-hybridized carbons (Fsp3) is 0.0909. The van der Waals surface area contributed by atoms with Crippen LogP contribution in [0, 0.1) is 0 Å². The predicted octanol–water partition coefficient (Wildman–Crippen LogP) is 4.89. The van der Waals surface area contributed by atoms with Crippen LogP contribution in [0.3, 0.4) is 0 Å². The zero-order valence-electron chi connectivity index (χ0n) is 16.1. The van der Waals surface area contributed by atoms with Crippen molar-refractivity contribution >= 4 is 40.1 Å². The number of halogens is 3. The van der Waals surface area contributed by atoms with Crippen molar-refractivity contribution in [3.05, 3.63) is 76.1 Å². The number of anilines is 2. The molecule has 10 heteroatoms. The van der Waals surface area contributed by atoms with Crippen molar-refractivity contribution in [1.82, 2.24) is 0 Å². The second-order valence-electron chi connectivity index (χ2n) is 6.91. The number of fused-ring (bicyclic) bond motifs is 1. The molecule has 3 aromatic rings. The van der Waals surface area contributed by atoms with Gasteiger partial charge < -0.3 is 14.8 Å². The van der Waals surface area contributed by atoms with Crippen LogP contribution in [0.5, 0.6) is 11.5 Å². The third-order valence-corrected chi connectivity index (χ3v) is 5.83. The van der Waals surface area contributed by atoms with Crippen molar-refractivity contribution in [2.24, 2.45) is 0 Å². The highest BCUT2D eigenvalue weighted by Crippen LogP contribution is 2.39. The average molecular weight is 458 g/mol. The Morgan fingerprint density at radius 3 is 2.38 bits per heavy atom. The maximum absolute atomic E-state index is 13.3. The molecule has 0 bridgehead atoms. The van der Waals surface area contributed by atoms with E-state index in [0.717, 1.165) is 29.2 Å². The third-order valence-electron chi connectivity index (χ3n) is 4.95. The number of nitrogens with zero attached hydrogens (tertiary/aromatic N) is 1. The minimum atomic E-state index is -4.52. The van der Waals surface area contributed by atoms with Crippen LogP contribution in [-0.4, -0.2) is 18.6 Å². The lowest BCUT2D eigenvalue weighted by atomic mass is 10.1. The van der Waals surface area contributed by atoms with Gasteiger partial charge in [-0.25, -0.2) is 4.90 Å². The number of thiophene rings is 1. The normalized spacial score (nSPS) is 15.7. The Hall–Kier alpha value is -3.79. The molecule has 32 heavy (non-hydrogen) atoms. The van der Waals surface area contributed by atoms with Gasteiger partial charge in [-0.05, 0) is 47.8 Å². The molecule has 0 radical (unpaired) electrons. The minimum absolute atomic E-state index is 0.0243. The van der Waals surface area contributed by atoms with E-state index in [2.05, 4.69) is 5.32 Å². The molecule has 162 valence electrons. The van der Waals surface area contributed by atoms with Gasteiger partial charge in [0.2, 0.25) is 6.79 Å². The van der Waals surface area contributed by atoms with Crippen LogP contribution >= 0.6 is 11.3 Å². The van der Waals surface area contributed by atoms with Crippen molar-refractivity contribution in [3.8, 4) is 11.5 Å². The van der Waals surface area contributed by atoms with Crippen molar-refractivity contribution < 1.29 is 32.2 Å². The number of carbonyl (C=O) groups excluding carboxylic acids is 2. The summed E-state index contributed by atoms with van der Waals surface area (Å²) in [4.78, 5) is 27.9. The molecule has 5 rings (SSSR count). The third kappa shape index (κ3) is 3.38. The molecule has 1 aromatic heterocycles. The van der Waals surface area contributed by atoms with Gasteiger partial charge in [0.25, 0.3) is 11.8 Å². The van der Waals surface area contributed by atoms with E-state index in [4.69, 9.17) is 9.47 Å². The molecule has 2 aliphatic rings. The molecule has 6 nitrogen and oxygen atoms in total. The van der Waals surface area contributed by atoms with E-state index in [1.165, 1.54) is 11.3 Å². The highest BCUT2D eigenvalue weighted by molar-refractivity contribution is 7.11. The van der Waals surface area contributed by atoms with Crippen molar-refractivity contribution in [2.45, 2.75) is 6.18 Å². The molecule has 0 saturated heterocycles. The number of rotatable bonds is 4. The van der Waals surface area contributed by atoms with E-state index < -0.39 is 23.6 Å². The number of carbonyl (C=O) groups is 2. The maximum Gasteiger partial charge on any atom is 0.416 e. The number of imide groups is 1. The molecule has 0 saturated carbocycles. The largest absolute Gasteiger partial charge is 0.454 e. The Balaban J connectivity index is 1.53. The van der Waals surface area contributed by atoms with Gasteiger partial charge in [-0.3, -0.25) is 9.59 Å². The molecule has 2 aliphatic heterocycles. The van der Waals surface area contributed by atoms with E-state index in [-0.39, 0.29) is 23.8 Å². The number of nitrogens with one attached hydrogen (secondary N) is 1. The highest BCUT2D eigenvalue weighted by atomic mass is 32.1. The minimum Gasteiger partial charge on any atom is -0.454 e. The van der Waals surface area contributed by atoms with Crippen LogP contribution in [-0.2, 0) is 15.8 Å². The first-order valence-corrected chi connectivity index (χ1v) is 10.2. The summed E-state index contributed by atoms with van der Waals surface area (Å²) >= 11 is 1.27. The van der Waals surface area contributed by atoms with Gasteiger partial charge in [-0.15, -0.1) is 11.3 Å². The zero-order valence-corrected chi connectivity index (χ0v) is 16.9. The van der Waals surface area contributed by atoms with E-state index in [1.54, 1.807) is 35.7 Å². The van der Waals surface area contributed by atoms with Gasteiger partial charge in [0.1, 0.15) is 5.70 Å². The molecule has 0 fully saturated rings. The van der Waals surface area contributed by atoms with Crippen molar-refractivity contribution in [2.75, 3.05) is 17.0 Å². The molecular weight excluding hydrogens is 445 g/mol. The molecule has 0 aliphatic carbocycles. The van der Waals surface area contributed by atoms with Crippen molar-refractivity contribution in [1.29, 1.82) is 0 Å². The van der Waals surface area contributed by atoms with Crippen LogP contribution in [0.4, 0.5) is 24.5 Å². The second-order valence-corrected chi connectivity index (χ2v) is 7.86. The quantitative estimate of drug-likeness (QED) is 0.564. The Bertz CT molecular complexity index is 1250. The zero-order chi connectivity index (χ0) is 22.5. The van der Waals surface area contributed by atoms with Crippen LogP contribution in [0.2, 0.25) is 0 Å². The summed E-state index contributed by atoms with van der Waals surface area (Å²) in [7, 11) is 0. The molecule has 1 N–H and O–H groups in total. The SMILES string of the molecule is O=C1C(Nc2ccc3c(c2)OCO3)=C(c2cccs2)C(=O)N1c1ccc(C(F)(F)F)cc1. The Morgan fingerprint density at radius 2 is 1.69 bits per heavy atom. The number of amides is 2. The molecule has 0 unspecified atom stereocenters. The Labute approximate surface area is 183 Å². The molecule has 2 aromatic carbocycles. The highest BCUT2D eigenvalue weighted by Gasteiger charge is 2.41. The van der Waals surface area contributed by atoms with Gasteiger partial charge in [-0.1, -0.05) is 6.07 Å². The van der Waals surface area contributed by atoms with Gasteiger partial charge in [0.15, 0.2) is 11.5 Å². The van der Waals surface area contributed by atoms with E-state index in [1.807, 2.05) is 0 Å². The van der Waals surface area contributed by atoms with Gasteiger partial charge in [0, 0.05) is 16.6 Å². The lowest BCUT2D eigenvalue weighted by molar-refractivity contribution is -0.137. The van der Waals surface area contributed by atoms with E-state index >= 15 is 0 Å². The summed E-state index contributed by atoms with van der Waals surface area (Å²) < 4.78 is 49.4. The first-order valence-electron chi connectivity index (χ1n) is 9.34. The lowest BCUT2D eigenvalue weighted by Gasteiger charge is -2.16. The molecule has 2 amide bonds. The van der Waals surface area contributed by atoms with Crippen LogP contribution in [0.1, 0.15) is 10.4 Å². The Kier molecular flexibility index (Phi) is 4.66. The molecular formula is C22H13F3N2O4S. The summed E-state index contributed by atoms with van der Waals surface area (Å²) in [5.41, 5.74) is -0.164. The summed E-state index contributed by atoms with van der Waals surface area (Å²) in [6, 6.07) is 12.3. The first kappa shape index (κ1) is 20.1. The van der Waals surface area contributed by atoms with Crippen LogP contribution in [0.25, 0.3) is 5.57 Å². The van der Waals surface area contributed by atoms with Crippen LogP contribution < -0.4 is 19.7 Å². The Morgan fingerprint density at radius 1 is 0.938 bits per heavy atom. The summed E-state index contributed by atoms with van der Waals surface area (Å²) in [6.45, 7) is 0.0844. The monoisotopic (exact) mass is 458 g/mol. The van der Waals surface area contributed by atoms with E-state index in [9.17, 15) is 22.8 Å². The topological polar surface area (TPSA) is 67.9 Å². The summed E-state index contributed by atoms with van der Waals surface area (Å²) in [6.07, 6.45) is -4.52. The summed E-state index contributed by atoms with van der Waals surface area (Å²) in [5, 5.41) is 4.75. The molecule has 3 heterocycles. The number of hydrogen-bond acceptors (Lipinski definition) is 6. The number of benzene rings is 2. The second kappa shape index (κ2) is 7.41. The standard InChI is InChI=1S/C22H13F3N2O4S/c23-22(24,25)12-3-6-14(7-4-12)27-20(28)18(17-2-1-9-32-17)19(21(27)29)26-13-5-8-15-16(10-13)31-11-30-15/h1-10,26H,11H2.